The number of amides is 2. The second kappa shape index (κ2) is 7.44. The monoisotopic (exact) mass is 416 g/mol. The number of fused-ring (bicyclic) bond motifs is 2. The van der Waals surface area contributed by atoms with Gasteiger partial charge in [-0.05, 0) is 41.8 Å². The van der Waals surface area contributed by atoms with Crippen LogP contribution in [0.2, 0.25) is 0 Å². The zero-order chi connectivity index (χ0) is 20.8. The standard InChI is InChI=1S/C22H22F2N2O2S/c1-14(2)11-20(27)26-9-10-29-22(26)18-12-17(24)7-8-19(18)25(21(22)28)13-15-3-5-16(23)6-4-15/h3-8,12,14H,9-11,13H2,1-2H3. The molecule has 29 heavy (non-hydrogen) atoms. The number of rotatable bonds is 4. The van der Waals surface area contributed by atoms with Crippen LogP contribution in [0.4, 0.5) is 14.5 Å². The van der Waals surface area contributed by atoms with Crippen molar-refractivity contribution in [1.29, 1.82) is 0 Å². The van der Waals surface area contributed by atoms with Gasteiger partial charge in [-0.15, -0.1) is 11.8 Å². The molecule has 1 atom stereocenters. The van der Waals surface area contributed by atoms with Crippen LogP contribution in [0.25, 0.3) is 0 Å². The van der Waals surface area contributed by atoms with Crippen LogP contribution in [0.3, 0.4) is 0 Å². The van der Waals surface area contributed by atoms with E-state index in [9.17, 15) is 18.4 Å². The van der Waals surface area contributed by atoms with Crippen molar-refractivity contribution in [2.24, 2.45) is 5.92 Å². The summed E-state index contributed by atoms with van der Waals surface area (Å²) in [7, 11) is 0. The maximum Gasteiger partial charge on any atom is 0.268 e. The summed E-state index contributed by atoms with van der Waals surface area (Å²) in [6, 6.07) is 10.2. The molecule has 0 radical (unpaired) electrons. The van der Waals surface area contributed by atoms with Crippen LogP contribution in [0.5, 0.6) is 0 Å². The molecule has 1 fully saturated rings. The Morgan fingerprint density at radius 2 is 1.83 bits per heavy atom. The number of anilines is 1. The highest BCUT2D eigenvalue weighted by atomic mass is 32.2. The van der Waals surface area contributed by atoms with Gasteiger partial charge in [-0.3, -0.25) is 9.59 Å². The first-order valence-corrected chi connectivity index (χ1v) is 10.6. The number of thioether (sulfide) groups is 1. The Morgan fingerprint density at radius 3 is 2.52 bits per heavy atom. The summed E-state index contributed by atoms with van der Waals surface area (Å²) in [6.45, 7) is 4.59. The first-order chi connectivity index (χ1) is 13.8. The van der Waals surface area contributed by atoms with E-state index in [1.54, 1.807) is 28.0 Å². The molecule has 0 bridgehead atoms. The maximum absolute atomic E-state index is 14.2. The fourth-order valence-electron chi connectivity index (χ4n) is 4.03. The van der Waals surface area contributed by atoms with Gasteiger partial charge in [0.15, 0.2) is 4.87 Å². The Kier molecular flexibility index (Phi) is 5.11. The lowest BCUT2D eigenvalue weighted by Gasteiger charge is -2.33. The van der Waals surface area contributed by atoms with E-state index in [1.165, 1.54) is 36.0 Å². The SMILES string of the molecule is CC(C)CC(=O)N1CCSC12C(=O)N(Cc1ccc(F)cc1)c1ccc(F)cc12. The van der Waals surface area contributed by atoms with Gasteiger partial charge in [0.2, 0.25) is 5.91 Å². The van der Waals surface area contributed by atoms with Gasteiger partial charge in [0, 0.05) is 24.3 Å². The minimum Gasteiger partial charge on any atom is -0.315 e. The quantitative estimate of drug-likeness (QED) is 0.747. The topological polar surface area (TPSA) is 40.6 Å². The highest BCUT2D eigenvalue weighted by Gasteiger charge is 2.59. The number of nitrogens with zero attached hydrogens (tertiary/aromatic N) is 2. The van der Waals surface area contributed by atoms with Crippen LogP contribution in [-0.2, 0) is 21.0 Å². The Bertz CT molecular complexity index is 964. The minimum atomic E-state index is -1.23. The molecule has 1 unspecified atom stereocenters. The van der Waals surface area contributed by atoms with E-state index in [4.69, 9.17) is 0 Å². The summed E-state index contributed by atoms with van der Waals surface area (Å²) in [5.74, 6) is -0.376. The second-order valence-corrected chi connectivity index (χ2v) is 9.10. The van der Waals surface area contributed by atoms with Crippen molar-refractivity contribution in [3.05, 3.63) is 65.2 Å². The lowest BCUT2D eigenvalue weighted by molar-refractivity contribution is -0.140. The molecule has 0 aromatic heterocycles. The van der Waals surface area contributed by atoms with Gasteiger partial charge >= 0.3 is 0 Å². The van der Waals surface area contributed by atoms with Crippen LogP contribution < -0.4 is 4.90 Å². The summed E-state index contributed by atoms with van der Waals surface area (Å²) in [4.78, 5) is 28.6. The Balaban J connectivity index is 1.77. The van der Waals surface area contributed by atoms with Gasteiger partial charge in [-0.25, -0.2) is 8.78 Å². The zero-order valence-corrected chi connectivity index (χ0v) is 17.1. The van der Waals surface area contributed by atoms with Gasteiger partial charge in [0.25, 0.3) is 5.91 Å². The van der Waals surface area contributed by atoms with Gasteiger partial charge in [0.1, 0.15) is 11.6 Å². The third kappa shape index (κ3) is 3.31. The summed E-state index contributed by atoms with van der Waals surface area (Å²) in [5, 5.41) is 0. The maximum atomic E-state index is 14.2. The smallest absolute Gasteiger partial charge is 0.268 e. The third-order valence-corrected chi connectivity index (χ3v) is 6.71. The second-order valence-electron chi connectivity index (χ2n) is 7.82. The molecule has 152 valence electrons. The number of hydrogen-bond acceptors (Lipinski definition) is 3. The molecule has 0 aliphatic carbocycles. The highest BCUT2D eigenvalue weighted by molar-refractivity contribution is 8.01. The Hall–Kier alpha value is -2.41. The van der Waals surface area contributed by atoms with Crippen molar-refractivity contribution >= 4 is 29.3 Å². The minimum absolute atomic E-state index is 0.0998. The molecule has 2 heterocycles. The molecule has 0 saturated carbocycles. The van der Waals surface area contributed by atoms with E-state index >= 15 is 0 Å². The van der Waals surface area contributed by atoms with Gasteiger partial charge in [0.05, 0.1) is 12.2 Å². The molecular weight excluding hydrogens is 394 g/mol. The van der Waals surface area contributed by atoms with E-state index in [-0.39, 0.29) is 30.1 Å². The average molecular weight is 416 g/mol. The van der Waals surface area contributed by atoms with Crippen LogP contribution in [0, 0.1) is 17.6 Å². The lowest BCUT2D eigenvalue weighted by atomic mass is 10.0. The van der Waals surface area contributed by atoms with Gasteiger partial charge in [-0.1, -0.05) is 26.0 Å². The van der Waals surface area contributed by atoms with Gasteiger partial charge in [-0.2, -0.15) is 0 Å². The summed E-state index contributed by atoms with van der Waals surface area (Å²) in [6.07, 6.45) is 0.332. The van der Waals surface area contributed by atoms with Crippen molar-refractivity contribution in [2.45, 2.75) is 31.7 Å². The normalized spacial score (nSPS) is 20.8. The third-order valence-electron chi connectivity index (χ3n) is 5.29. The molecule has 1 saturated heterocycles. The summed E-state index contributed by atoms with van der Waals surface area (Å²) >= 11 is 1.38. The van der Waals surface area contributed by atoms with Crippen LogP contribution in [-0.4, -0.2) is 29.0 Å². The van der Waals surface area contributed by atoms with E-state index in [1.807, 2.05) is 13.8 Å². The zero-order valence-electron chi connectivity index (χ0n) is 16.3. The molecule has 4 rings (SSSR count). The molecule has 2 amide bonds. The number of benzene rings is 2. The van der Waals surface area contributed by atoms with Crippen molar-refractivity contribution < 1.29 is 18.4 Å². The fourth-order valence-corrected chi connectivity index (χ4v) is 5.50. The van der Waals surface area contributed by atoms with E-state index < -0.39 is 10.7 Å². The van der Waals surface area contributed by atoms with Crippen LogP contribution >= 0.6 is 11.8 Å². The summed E-state index contributed by atoms with van der Waals surface area (Å²) < 4.78 is 27.5. The Morgan fingerprint density at radius 1 is 1.14 bits per heavy atom. The van der Waals surface area contributed by atoms with Crippen LogP contribution in [0.1, 0.15) is 31.4 Å². The molecule has 2 aromatic rings. The molecule has 7 heteroatoms. The number of carbonyl (C=O) groups is 2. The first kappa shape index (κ1) is 19.9. The summed E-state index contributed by atoms with van der Waals surface area (Å²) in [5.41, 5.74) is 1.87. The van der Waals surface area contributed by atoms with E-state index in [2.05, 4.69) is 0 Å². The van der Waals surface area contributed by atoms with E-state index in [0.29, 0.717) is 30.0 Å². The highest BCUT2D eigenvalue weighted by Crippen LogP contribution is 2.54. The van der Waals surface area contributed by atoms with Crippen molar-refractivity contribution in [3.8, 4) is 0 Å². The molecule has 4 nitrogen and oxygen atoms in total. The first-order valence-electron chi connectivity index (χ1n) is 9.64. The predicted molar refractivity (Wildman–Crippen MR) is 109 cm³/mol. The Labute approximate surface area is 172 Å². The van der Waals surface area contributed by atoms with Crippen molar-refractivity contribution in [1.82, 2.24) is 4.90 Å². The van der Waals surface area contributed by atoms with Crippen molar-refractivity contribution in [2.75, 3.05) is 17.2 Å². The molecule has 2 aromatic carbocycles. The molecule has 0 N–H and O–H groups in total. The number of carbonyl (C=O) groups excluding carboxylic acids is 2. The van der Waals surface area contributed by atoms with Gasteiger partial charge < -0.3 is 9.80 Å². The van der Waals surface area contributed by atoms with Crippen LogP contribution in [0.15, 0.2) is 42.5 Å². The average Bonchev–Trinajstić information content (AvgIpc) is 3.20. The largest absolute Gasteiger partial charge is 0.315 e. The molecule has 2 aliphatic heterocycles. The van der Waals surface area contributed by atoms with E-state index in [0.717, 1.165) is 5.56 Å². The predicted octanol–water partition coefficient (Wildman–Crippen LogP) is 4.29. The lowest BCUT2D eigenvalue weighted by Crippen LogP contribution is -2.50. The number of hydrogen-bond donors (Lipinski definition) is 0. The number of halogens is 2. The molecule has 2 aliphatic rings. The molecule has 1 spiro atoms. The molecular formula is C22H22F2N2O2S. The van der Waals surface area contributed by atoms with Crippen molar-refractivity contribution in [3.63, 3.8) is 0 Å². The fraction of sp³-hybridized carbons (Fsp3) is 0.364.